The normalized spacial score (nSPS) is 20.8. The number of aryl methyl sites for hydroxylation is 1. The summed E-state index contributed by atoms with van der Waals surface area (Å²) in [6.07, 6.45) is 1.46. The second-order valence-corrected chi connectivity index (χ2v) is 6.74. The third-order valence-electron chi connectivity index (χ3n) is 5.00. The zero-order valence-electron chi connectivity index (χ0n) is 14.6. The maximum Gasteiger partial charge on any atom is 0.407 e. The van der Waals surface area contributed by atoms with E-state index in [1.54, 1.807) is 24.4 Å². The van der Waals surface area contributed by atoms with E-state index in [2.05, 4.69) is 15.3 Å². The van der Waals surface area contributed by atoms with E-state index in [4.69, 9.17) is 0 Å². The number of anilines is 3. The summed E-state index contributed by atoms with van der Waals surface area (Å²) in [5.74, 6) is 0.757. The first-order valence-corrected chi connectivity index (χ1v) is 8.53. The van der Waals surface area contributed by atoms with E-state index in [0.717, 1.165) is 12.1 Å². The van der Waals surface area contributed by atoms with Gasteiger partial charge >= 0.3 is 11.8 Å². The molecule has 0 saturated carbocycles. The van der Waals surface area contributed by atoms with Crippen molar-refractivity contribution in [3.8, 4) is 0 Å². The van der Waals surface area contributed by atoms with Crippen LogP contribution in [-0.4, -0.2) is 56.2 Å². The second kappa shape index (κ2) is 6.38. The van der Waals surface area contributed by atoms with Crippen molar-refractivity contribution in [2.24, 2.45) is 0 Å². The fourth-order valence-electron chi connectivity index (χ4n) is 3.78. The van der Waals surface area contributed by atoms with Crippen molar-refractivity contribution in [2.45, 2.75) is 25.4 Å². The highest BCUT2D eigenvalue weighted by Gasteiger charge is 2.46. The smallest absolute Gasteiger partial charge is 0.407 e. The maximum absolute atomic E-state index is 11.4. The Hall–Kier alpha value is -3.43. The van der Waals surface area contributed by atoms with Crippen LogP contribution in [0.3, 0.4) is 0 Å². The van der Waals surface area contributed by atoms with Gasteiger partial charge in [0.15, 0.2) is 0 Å². The van der Waals surface area contributed by atoms with Gasteiger partial charge in [-0.3, -0.25) is 15.1 Å². The molecule has 27 heavy (non-hydrogen) atoms. The van der Waals surface area contributed by atoms with Gasteiger partial charge in [-0.2, -0.15) is 0 Å². The van der Waals surface area contributed by atoms with E-state index in [1.807, 2.05) is 11.8 Å². The average Bonchev–Trinajstić information content (AvgIpc) is 3.22. The number of rotatable bonds is 4. The summed E-state index contributed by atoms with van der Waals surface area (Å²) in [6.45, 7) is 2.79. The number of nitrogens with zero attached hydrogens (tertiary/aromatic N) is 5. The number of likely N-dealkylation sites (tertiary alicyclic amines) is 1. The SMILES string of the molecule is Cc1cc(Nc2nc(N3C[C@H]4C[C@@H]3CN4C(=O)O)ccc2[N+](=O)[O-])ccn1. The lowest BCUT2D eigenvalue weighted by molar-refractivity contribution is -0.384. The molecule has 0 radical (unpaired) electrons. The first kappa shape index (κ1) is 17.0. The van der Waals surface area contributed by atoms with Gasteiger partial charge < -0.3 is 20.2 Å². The molecule has 0 unspecified atom stereocenters. The number of aromatic nitrogens is 2. The zero-order chi connectivity index (χ0) is 19.1. The number of hydrogen-bond donors (Lipinski definition) is 2. The Morgan fingerprint density at radius 2 is 2.15 bits per heavy atom. The number of nitrogens with one attached hydrogen (secondary N) is 1. The predicted molar refractivity (Wildman–Crippen MR) is 97.4 cm³/mol. The van der Waals surface area contributed by atoms with Gasteiger partial charge in [0, 0.05) is 36.7 Å². The fraction of sp³-hybridized carbons (Fsp3) is 0.353. The summed E-state index contributed by atoms with van der Waals surface area (Å²) in [6, 6.07) is 6.51. The van der Waals surface area contributed by atoms with Crippen LogP contribution >= 0.6 is 0 Å². The van der Waals surface area contributed by atoms with Gasteiger partial charge in [0.1, 0.15) is 5.82 Å². The van der Waals surface area contributed by atoms with Crippen LogP contribution in [0.1, 0.15) is 12.1 Å². The number of piperazine rings is 1. The van der Waals surface area contributed by atoms with Crippen LogP contribution < -0.4 is 10.2 Å². The van der Waals surface area contributed by atoms with Gasteiger partial charge in [0.25, 0.3) is 0 Å². The molecule has 0 aromatic carbocycles. The number of fused-ring (bicyclic) bond motifs is 2. The summed E-state index contributed by atoms with van der Waals surface area (Å²) in [5, 5.41) is 23.6. The van der Waals surface area contributed by atoms with Crippen molar-refractivity contribution in [3.63, 3.8) is 0 Å². The van der Waals surface area contributed by atoms with Crippen LogP contribution in [0.5, 0.6) is 0 Å². The molecule has 2 aliphatic rings. The third-order valence-corrected chi connectivity index (χ3v) is 5.00. The topological polar surface area (TPSA) is 125 Å². The quantitative estimate of drug-likeness (QED) is 0.621. The minimum atomic E-state index is -0.908. The van der Waals surface area contributed by atoms with Crippen molar-refractivity contribution in [2.75, 3.05) is 23.3 Å². The minimum Gasteiger partial charge on any atom is -0.465 e. The number of nitro groups is 1. The van der Waals surface area contributed by atoms with Crippen LogP contribution in [0, 0.1) is 17.0 Å². The lowest BCUT2D eigenvalue weighted by Crippen LogP contribution is -2.48. The lowest BCUT2D eigenvalue weighted by atomic mass is 10.2. The van der Waals surface area contributed by atoms with Crippen LogP contribution in [0.25, 0.3) is 0 Å². The van der Waals surface area contributed by atoms with Gasteiger partial charge in [0.05, 0.1) is 17.0 Å². The van der Waals surface area contributed by atoms with E-state index in [-0.39, 0.29) is 23.6 Å². The minimum absolute atomic E-state index is 0.0380. The molecule has 10 heteroatoms. The molecular weight excluding hydrogens is 352 g/mol. The molecule has 1 amide bonds. The summed E-state index contributed by atoms with van der Waals surface area (Å²) in [4.78, 5) is 34.2. The summed E-state index contributed by atoms with van der Waals surface area (Å²) >= 11 is 0. The number of amides is 1. The summed E-state index contributed by atoms with van der Waals surface area (Å²) in [7, 11) is 0. The second-order valence-electron chi connectivity index (χ2n) is 6.74. The number of carboxylic acid groups (broad SMARTS) is 1. The monoisotopic (exact) mass is 370 g/mol. The largest absolute Gasteiger partial charge is 0.465 e. The van der Waals surface area contributed by atoms with E-state index in [9.17, 15) is 20.0 Å². The van der Waals surface area contributed by atoms with Crippen LogP contribution in [-0.2, 0) is 0 Å². The van der Waals surface area contributed by atoms with Gasteiger partial charge in [-0.25, -0.2) is 9.78 Å². The molecule has 2 bridgehead atoms. The van der Waals surface area contributed by atoms with Crippen molar-refractivity contribution < 1.29 is 14.8 Å². The highest BCUT2D eigenvalue weighted by molar-refractivity contribution is 5.70. The summed E-state index contributed by atoms with van der Waals surface area (Å²) in [5.41, 5.74) is 1.32. The Bertz CT molecular complexity index is 920. The van der Waals surface area contributed by atoms with E-state index in [1.165, 1.54) is 11.0 Å². The molecule has 2 aromatic heterocycles. The Labute approximate surface area is 154 Å². The first-order valence-electron chi connectivity index (χ1n) is 8.53. The Morgan fingerprint density at radius 1 is 1.33 bits per heavy atom. The fourth-order valence-corrected chi connectivity index (χ4v) is 3.78. The molecule has 0 aliphatic carbocycles. The molecule has 2 atom stereocenters. The lowest BCUT2D eigenvalue weighted by Gasteiger charge is -2.33. The van der Waals surface area contributed by atoms with Gasteiger partial charge in [-0.15, -0.1) is 0 Å². The highest BCUT2D eigenvalue weighted by Crippen LogP contribution is 2.36. The van der Waals surface area contributed by atoms with E-state index >= 15 is 0 Å². The standard InChI is InChI=1S/C17H18N6O4/c1-10-6-11(4-5-18-10)19-16-14(23(26)27)2-3-15(20-16)21-8-13-7-12(21)9-22(13)17(24)25/h2-6,12-13H,7-9H2,1H3,(H,24,25)(H,18,19,20)/t12-,13-/m1/s1. The van der Waals surface area contributed by atoms with Crippen molar-refractivity contribution in [1.82, 2.24) is 14.9 Å². The van der Waals surface area contributed by atoms with Crippen molar-refractivity contribution >= 4 is 29.1 Å². The molecular formula is C17H18N6O4. The Morgan fingerprint density at radius 3 is 2.78 bits per heavy atom. The van der Waals surface area contributed by atoms with E-state index < -0.39 is 11.0 Å². The van der Waals surface area contributed by atoms with Crippen molar-refractivity contribution in [3.05, 3.63) is 46.3 Å². The molecule has 2 aromatic rings. The number of pyridine rings is 2. The highest BCUT2D eigenvalue weighted by atomic mass is 16.6. The van der Waals surface area contributed by atoms with Crippen molar-refractivity contribution in [1.29, 1.82) is 0 Å². The Kier molecular flexibility index (Phi) is 4.02. The molecule has 2 fully saturated rings. The van der Waals surface area contributed by atoms with Gasteiger partial charge in [0.2, 0.25) is 5.82 Å². The Balaban J connectivity index is 1.62. The molecule has 0 spiro atoms. The molecule has 140 valence electrons. The third kappa shape index (κ3) is 3.09. The summed E-state index contributed by atoms with van der Waals surface area (Å²) < 4.78 is 0. The average molecular weight is 370 g/mol. The molecule has 2 aliphatic heterocycles. The molecule has 4 heterocycles. The molecule has 4 rings (SSSR count). The maximum atomic E-state index is 11.4. The zero-order valence-corrected chi connectivity index (χ0v) is 14.6. The number of carbonyl (C=O) groups is 1. The predicted octanol–water partition coefficient (Wildman–Crippen LogP) is 2.38. The van der Waals surface area contributed by atoms with Crippen LogP contribution in [0.4, 0.5) is 27.8 Å². The van der Waals surface area contributed by atoms with Crippen LogP contribution in [0.2, 0.25) is 0 Å². The van der Waals surface area contributed by atoms with Gasteiger partial charge in [-0.05, 0) is 31.5 Å². The van der Waals surface area contributed by atoms with Gasteiger partial charge in [-0.1, -0.05) is 0 Å². The molecule has 10 nitrogen and oxygen atoms in total. The van der Waals surface area contributed by atoms with Crippen LogP contribution in [0.15, 0.2) is 30.5 Å². The number of hydrogen-bond acceptors (Lipinski definition) is 7. The first-order chi connectivity index (χ1) is 12.9. The molecule has 2 saturated heterocycles. The van der Waals surface area contributed by atoms with E-state index in [0.29, 0.717) is 24.6 Å². The molecule has 2 N–H and O–H groups in total.